The summed E-state index contributed by atoms with van der Waals surface area (Å²) in [5.41, 5.74) is 4.51. The van der Waals surface area contributed by atoms with E-state index < -0.39 is 28.7 Å². The van der Waals surface area contributed by atoms with Crippen molar-refractivity contribution in [2.75, 3.05) is 6.61 Å². The molecule has 3 aliphatic heterocycles. The van der Waals surface area contributed by atoms with Crippen LogP contribution in [0.2, 0.25) is 0 Å². The van der Waals surface area contributed by atoms with Crippen LogP contribution in [-0.2, 0) is 23.6 Å². The number of rotatable bonds is 7. The number of imidazole rings is 1. The molecular formula is C49H46F2N10O5. The van der Waals surface area contributed by atoms with Gasteiger partial charge in [-0.05, 0) is 125 Å². The van der Waals surface area contributed by atoms with Crippen LogP contribution in [0.1, 0.15) is 114 Å². The number of hydrogen-bond acceptors (Lipinski definition) is 9. The Morgan fingerprint density at radius 2 is 1.73 bits per heavy atom. The van der Waals surface area contributed by atoms with E-state index in [1.807, 2.05) is 17.0 Å². The lowest BCUT2D eigenvalue weighted by molar-refractivity contribution is -0.0592. The Balaban J connectivity index is 1.01. The van der Waals surface area contributed by atoms with Gasteiger partial charge in [-0.2, -0.15) is 10.2 Å². The number of H-pyrrole nitrogens is 1. The van der Waals surface area contributed by atoms with E-state index >= 15 is 13.6 Å². The van der Waals surface area contributed by atoms with E-state index in [-0.39, 0.29) is 40.4 Å². The average Bonchev–Trinajstić information content (AvgIpc) is 3.67. The maximum absolute atomic E-state index is 16.2. The monoisotopic (exact) mass is 892 g/mol. The summed E-state index contributed by atoms with van der Waals surface area (Å²) in [7, 11) is 1.72. The first-order valence-corrected chi connectivity index (χ1v) is 22.5. The molecule has 5 aromatic heterocycles. The zero-order valence-electron chi connectivity index (χ0n) is 37.1. The van der Waals surface area contributed by atoms with Crippen LogP contribution in [0.4, 0.5) is 8.78 Å². The number of pyridine rings is 1. The van der Waals surface area contributed by atoms with Crippen LogP contribution in [0, 0.1) is 25.5 Å². The molecule has 4 aliphatic rings. The molecule has 12 rings (SSSR count). The van der Waals surface area contributed by atoms with Crippen LogP contribution < -0.4 is 11.4 Å². The second-order valence-electron chi connectivity index (χ2n) is 19.2. The van der Waals surface area contributed by atoms with E-state index in [9.17, 15) is 9.59 Å². The molecule has 2 bridgehead atoms. The molecule has 1 N–H and O–H groups in total. The highest BCUT2D eigenvalue weighted by Gasteiger charge is 2.54. The van der Waals surface area contributed by atoms with Gasteiger partial charge in [0, 0.05) is 49.5 Å². The Morgan fingerprint density at radius 3 is 2.47 bits per heavy atom. The van der Waals surface area contributed by atoms with E-state index in [0.717, 1.165) is 29.3 Å². The van der Waals surface area contributed by atoms with Crippen molar-refractivity contribution in [2.24, 2.45) is 7.05 Å². The van der Waals surface area contributed by atoms with E-state index in [1.54, 1.807) is 60.7 Å². The second kappa shape index (κ2) is 14.2. The average molecular weight is 893 g/mol. The fourth-order valence-corrected chi connectivity index (χ4v) is 11.2. The third-order valence-electron chi connectivity index (χ3n) is 14.6. The first kappa shape index (κ1) is 40.5. The van der Waals surface area contributed by atoms with Crippen molar-refractivity contribution >= 4 is 27.7 Å². The number of carbonyl (C=O) groups excluding carboxylic acids is 1. The van der Waals surface area contributed by atoms with Crippen molar-refractivity contribution in [1.82, 2.24) is 48.7 Å². The standard InChI is InChI=1S/C49H46F2N10O5/c1-25-18-31(19-26(2)40(25)50)61-43(59-16-15-58(47(59)64)38-11-10-36-33(41(38)51)24-52-57(36)5)39-35(55-61)22-30-8-9-37(39)60(30)44(62)32-20-28-7-6-27(29-12-17-65-48(3,4)23-29)21-34(28)53-42(32)49(13-14-49)45-54-46(63)66-56-45/h6-7,10-11,15-16,18-21,24,29-30,37H,8-9,12-14,17,22-23H2,1-5H3,(H,54,56,63)/t29?,30-,37+/m1/s1. The fraction of sp³-hybridized carbons (Fsp3) is 0.367. The Kier molecular flexibility index (Phi) is 8.74. The molecule has 1 unspecified atom stereocenters. The highest BCUT2D eigenvalue weighted by atomic mass is 19.1. The smallest absolute Gasteiger partial charge is 0.376 e. The summed E-state index contributed by atoms with van der Waals surface area (Å²) in [4.78, 5) is 52.7. The third kappa shape index (κ3) is 6.04. The Bertz CT molecular complexity index is 3450. The molecule has 1 aliphatic carbocycles. The van der Waals surface area contributed by atoms with Crippen LogP contribution in [-0.4, -0.2) is 72.9 Å². The molecule has 15 nitrogen and oxygen atoms in total. The van der Waals surface area contributed by atoms with Crippen molar-refractivity contribution in [1.29, 1.82) is 0 Å². The lowest BCUT2D eigenvalue weighted by atomic mass is 9.83. The van der Waals surface area contributed by atoms with Crippen LogP contribution in [0.3, 0.4) is 0 Å². The molecule has 8 heterocycles. The molecule has 0 radical (unpaired) electrons. The molecule has 2 saturated heterocycles. The first-order chi connectivity index (χ1) is 31.7. The Morgan fingerprint density at radius 1 is 0.939 bits per heavy atom. The SMILES string of the molecule is Cc1cc(-n2nc3c(c2-n2ccn(-c4ccc5c(cnn5C)c4F)c2=O)[C@@H]2CC[C@H](C3)N2C(=O)c2cc3ccc(C4CCOC(C)(C)C4)cc3nc2C2(c3noc(=O)[nH]3)CC2)cc(C)c1F. The molecule has 0 spiro atoms. The Labute approximate surface area is 375 Å². The van der Waals surface area contributed by atoms with Gasteiger partial charge in [0.05, 0.1) is 68.0 Å². The topological polar surface area (TPSA) is 164 Å². The number of aryl methyl sites for hydroxylation is 3. The van der Waals surface area contributed by atoms with Crippen LogP contribution >= 0.6 is 0 Å². The molecule has 3 aromatic carbocycles. The zero-order chi connectivity index (χ0) is 45.6. The minimum atomic E-state index is -0.847. The summed E-state index contributed by atoms with van der Waals surface area (Å²) in [6, 6.07) is 14.1. The maximum atomic E-state index is 16.2. The summed E-state index contributed by atoms with van der Waals surface area (Å²) in [6.45, 7) is 8.24. The number of nitrogens with zero attached hydrogens (tertiary/aromatic N) is 9. The summed E-state index contributed by atoms with van der Waals surface area (Å²) in [5.74, 6) is -0.880. The number of aromatic nitrogens is 9. The molecule has 1 saturated carbocycles. The summed E-state index contributed by atoms with van der Waals surface area (Å²) >= 11 is 0. The van der Waals surface area contributed by atoms with E-state index in [1.165, 1.54) is 21.5 Å². The molecule has 17 heteroatoms. The number of aromatic amines is 1. The predicted octanol–water partition coefficient (Wildman–Crippen LogP) is 7.47. The normalized spacial score (nSPS) is 20.7. The summed E-state index contributed by atoms with van der Waals surface area (Å²) < 4.78 is 48.3. The minimum absolute atomic E-state index is 0.0490. The number of nitrogens with one attached hydrogen (secondary N) is 1. The highest BCUT2D eigenvalue weighted by molar-refractivity contribution is 6.00. The molecular weight excluding hydrogens is 847 g/mol. The molecule has 8 aromatic rings. The van der Waals surface area contributed by atoms with Gasteiger partial charge in [-0.25, -0.2) is 23.1 Å². The number of carbonyl (C=O) groups is 1. The van der Waals surface area contributed by atoms with Crippen molar-refractivity contribution < 1.29 is 22.8 Å². The van der Waals surface area contributed by atoms with Gasteiger partial charge >= 0.3 is 11.4 Å². The quantitative estimate of drug-likeness (QED) is 0.171. The third-order valence-corrected chi connectivity index (χ3v) is 14.6. The number of amides is 1. The van der Waals surface area contributed by atoms with Gasteiger partial charge in [0.25, 0.3) is 5.91 Å². The lowest BCUT2D eigenvalue weighted by Gasteiger charge is -2.36. The first-order valence-electron chi connectivity index (χ1n) is 22.5. The summed E-state index contributed by atoms with van der Waals surface area (Å²) in [6.07, 6.45) is 9.11. The molecule has 3 fully saturated rings. The van der Waals surface area contributed by atoms with Crippen LogP contribution in [0.15, 0.2) is 81.2 Å². The molecule has 3 atom stereocenters. The van der Waals surface area contributed by atoms with Gasteiger partial charge < -0.3 is 9.64 Å². The minimum Gasteiger partial charge on any atom is -0.376 e. The van der Waals surface area contributed by atoms with Gasteiger partial charge in [0.1, 0.15) is 11.6 Å². The molecule has 336 valence electrons. The van der Waals surface area contributed by atoms with Crippen molar-refractivity contribution in [3.8, 4) is 17.2 Å². The summed E-state index contributed by atoms with van der Waals surface area (Å²) in [5, 5.41) is 14.5. The zero-order valence-corrected chi connectivity index (χ0v) is 37.1. The van der Waals surface area contributed by atoms with Crippen molar-refractivity contribution in [2.45, 2.75) is 102 Å². The number of ether oxygens (including phenoxy) is 1. The fourth-order valence-electron chi connectivity index (χ4n) is 11.2. The number of hydrogen-bond donors (Lipinski definition) is 1. The van der Waals surface area contributed by atoms with Gasteiger partial charge in [0.2, 0.25) is 0 Å². The van der Waals surface area contributed by atoms with E-state index in [4.69, 9.17) is 19.3 Å². The van der Waals surface area contributed by atoms with Gasteiger partial charge in [-0.15, -0.1) is 0 Å². The lowest BCUT2D eigenvalue weighted by Crippen LogP contribution is -2.43. The van der Waals surface area contributed by atoms with Gasteiger partial charge in [0.15, 0.2) is 11.6 Å². The second-order valence-corrected chi connectivity index (χ2v) is 19.2. The highest BCUT2D eigenvalue weighted by Crippen LogP contribution is 2.54. The van der Waals surface area contributed by atoms with Crippen LogP contribution in [0.5, 0.6) is 0 Å². The van der Waals surface area contributed by atoms with Crippen molar-refractivity contribution in [3.05, 3.63) is 145 Å². The predicted molar refractivity (Wildman–Crippen MR) is 239 cm³/mol. The van der Waals surface area contributed by atoms with Crippen LogP contribution in [0.25, 0.3) is 39.0 Å². The maximum Gasteiger partial charge on any atom is 0.438 e. The number of halogens is 2. The largest absolute Gasteiger partial charge is 0.438 e. The molecule has 1 amide bonds. The Hall–Kier alpha value is -7.01. The van der Waals surface area contributed by atoms with Crippen molar-refractivity contribution in [3.63, 3.8) is 0 Å². The van der Waals surface area contributed by atoms with E-state index in [2.05, 4.69) is 41.2 Å². The van der Waals surface area contributed by atoms with Gasteiger partial charge in [-0.1, -0.05) is 17.3 Å². The molecule has 66 heavy (non-hydrogen) atoms. The van der Waals surface area contributed by atoms with Gasteiger partial charge in [-0.3, -0.25) is 33.1 Å². The van der Waals surface area contributed by atoms with E-state index in [0.29, 0.717) is 95.2 Å². The number of fused-ring (bicyclic) bond motifs is 6. The number of benzene rings is 3.